The number of halogens is 1. The van der Waals surface area contributed by atoms with Crippen molar-refractivity contribution in [3.8, 4) is 11.3 Å². The summed E-state index contributed by atoms with van der Waals surface area (Å²) in [6.45, 7) is 0. The number of aryl methyl sites for hydroxylation is 1. The SMILES string of the molecule is O=C(CCCCCCc1ncc(-c2ccccc2F)[nH]1)C1=COC=CCC1. The topological polar surface area (TPSA) is 55.0 Å². The first-order valence-corrected chi connectivity index (χ1v) is 9.55. The monoisotopic (exact) mass is 368 g/mol. The molecule has 0 saturated heterocycles. The third-order valence-electron chi connectivity index (χ3n) is 4.68. The van der Waals surface area contributed by atoms with Gasteiger partial charge in [0.05, 0.1) is 24.4 Å². The number of hydrogen-bond donors (Lipinski definition) is 1. The van der Waals surface area contributed by atoms with Crippen LogP contribution in [0.2, 0.25) is 0 Å². The van der Waals surface area contributed by atoms with Crippen molar-refractivity contribution in [2.45, 2.75) is 51.4 Å². The number of rotatable bonds is 9. The van der Waals surface area contributed by atoms with E-state index in [1.54, 1.807) is 30.9 Å². The Morgan fingerprint density at radius 1 is 1.19 bits per heavy atom. The molecule has 142 valence electrons. The zero-order valence-corrected chi connectivity index (χ0v) is 15.4. The van der Waals surface area contributed by atoms with Crippen LogP contribution in [-0.2, 0) is 16.0 Å². The number of Topliss-reactive ketones (excluding diaryl/α,β-unsaturated/α-hetero) is 1. The molecule has 1 aromatic heterocycles. The van der Waals surface area contributed by atoms with Crippen LogP contribution in [0.15, 0.2) is 54.6 Å². The number of carbonyl (C=O) groups excluding carboxylic acids is 1. The Morgan fingerprint density at radius 2 is 2.04 bits per heavy atom. The Hall–Kier alpha value is -2.69. The van der Waals surface area contributed by atoms with Gasteiger partial charge >= 0.3 is 0 Å². The van der Waals surface area contributed by atoms with E-state index in [0.717, 1.165) is 56.3 Å². The number of nitrogens with one attached hydrogen (secondary N) is 1. The average molecular weight is 368 g/mol. The average Bonchev–Trinajstić information content (AvgIpc) is 2.97. The van der Waals surface area contributed by atoms with Crippen LogP contribution in [0.1, 0.15) is 50.8 Å². The highest BCUT2D eigenvalue weighted by atomic mass is 19.1. The van der Waals surface area contributed by atoms with Gasteiger partial charge < -0.3 is 9.72 Å². The predicted octanol–water partition coefficient (Wildman–Crippen LogP) is 5.49. The van der Waals surface area contributed by atoms with E-state index in [2.05, 4.69) is 9.97 Å². The van der Waals surface area contributed by atoms with Gasteiger partial charge in [0.15, 0.2) is 5.78 Å². The lowest BCUT2D eigenvalue weighted by atomic mass is 10.0. The molecule has 0 bridgehead atoms. The number of aromatic amines is 1. The van der Waals surface area contributed by atoms with Crippen LogP contribution < -0.4 is 0 Å². The van der Waals surface area contributed by atoms with Crippen molar-refractivity contribution >= 4 is 5.78 Å². The minimum atomic E-state index is -0.248. The molecule has 0 atom stereocenters. The standard InChI is InChI=1S/C22H25FN2O2/c23-19-11-6-5-10-18(19)20-15-24-22(25-20)13-4-2-1-3-12-21(26)17-9-7-8-14-27-16-17/h5-6,8,10-11,14-16H,1-4,7,9,12-13H2,(H,24,25). The summed E-state index contributed by atoms with van der Waals surface area (Å²) >= 11 is 0. The molecule has 27 heavy (non-hydrogen) atoms. The number of hydrogen-bond acceptors (Lipinski definition) is 3. The summed E-state index contributed by atoms with van der Waals surface area (Å²) in [6, 6.07) is 6.68. The fraction of sp³-hybridized carbons (Fsp3) is 0.364. The molecule has 0 radical (unpaired) electrons. The van der Waals surface area contributed by atoms with E-state index >= 15 is 0 Å². The molecule has 0 fully saturated rings. The molecule has 0 saturated carbocycles. The summed E-state index contributed by atoms with van der Waals surface area (Å²) < 4.78 is 19.0. The number of unbranched alkanes of at least 4 members (excludes halogenated alkanes) is 3. The summed E-state index contributed by atoms with van der Waals surface area (Å²) in [5.41, 5.74) is 2.04. The summed E-state index contributed by atoms with van der Waals surface area (Å²) in [6.07, 6.45) is 13.8. The van der Waals surface area contributed by atoms with E-state index in [1.807, 2.05) is 12.1 Å². The minimum absolute atomic E-state index is 0.194. The van der Waals surface area contributed by atoms with Crippen molar-refractivity contribution < 1.29 is 13.9 Å². The van der Waals surface area contributed by atoms with Crippen LogP contribution in [0.3, 0.4) is 0 Å². The van der Waals surface area contributed by atoms with Gasteiger partial charge in [-0.1, -0.05) is 25.0 Å². The molecule has 0 spiro atoms. The number of aromatic nitrogens is 2. The number of nitrogens with zero attached hydrogens (tertiary/aromatic N) is 1. The van der Waals surface area contributed by atoms with Gasteiger partial charge in [-0.2, -0.15) is 0 Å². The number of benzene rings is 1. The Labute approximate surface area is 159 Å². The second-order valence-corrected chi connectivity index (χ2v) is 6.75. The maximum absolute atomic E-state index is 13.8. The van der Waals surface area contributed by atoms with Crippen LogP contribution in [-0.4, -0.2) is 15.8 Å². The lowest BCUT2D eigenvalue weighted by molar-refractivity contribution is -0.115. The molecule has 2 heterocycles. The molecule has 1 N–H and O–H groups in total. The summed E-state index contributed by atoms with van der Waals surface area (Å²) in [5, 5.41) is 0. The molecule has 2 aromatic rings. The molecular formula is C22H25FN2O2. The first kappa shape index (κ1) is 19.1. The number of imidazole rings is 1. The van der Waals surface area contributed by atoms with Crippen LogP contribution in [0.25, 0.3) is 11.3 Å². The largest absolute Gasteiger partial charge is 0.473 e. The maximum atomic E-state index is 13.8. The Morgan fingerprint density at radius 3 is 2.93 bits per heavy atom. The lowest BCUT2D eigenvalue weighted by Crippen LogP contribution is -2.02. The van der Waals surface area contributed by atoms with Gasteiger partial charge in [-0.15, -0.1) is 0 Å². The zero-order valence-electron chi connectivity index (χ0n) is 15.4. The molecule has 4 nitrogen and oxygen atoms in total. The van der Waals surface area contributed by atoms with Crippen LogP contribution in [0, 0.1) is 5.82 Å². The second kappa shape index (κ2) is 9.86. The molecule has 5 heteroatoms. The lowest BCUT2D eigenvalue weighted by Gasteiger charge is -2.04. The van der Waals surface area contributed by atoms with Crippen molar-refractivity contribution in [1.82, 2.24) is 9.97 Å². The highest BCUT2D eigenvalue weighted by molar-refractivity contribution is 5.95. The van der Waals surface area contributed by atoms with E-state index in [-0.39, 0.29) is 11.6 Å². The number of ether oxygens (including phenoxy) is 1. The van der Waals surface area contributed by atoms with Crippen molar-refractivity contribution in [3.05, 3.63) is 66.3 Å². The number of allylic oxidation sites excluding steroid dienone is 2. The van der Waals surface area contributed by atoms with Crippen molar-refractivity contribution in [2.24, 2.45) is 0 Å². The normalized spacial score (nSPS) is 13.7. The number of H-pyrrole nitrogens is 1. The fourth-order valence-electron chi connectivity index (χ4n) is 3.15. The highest BCUT2D eigenvalue weighted by Crippen LogP contribution is 2.21. The van der Waals surface area contributed by atoms with Crippen molar-refractivity contribution in [3.63, 3.8) is 0 Å². The molecular weight excluding hydrogens is 343 g/mol. The maximum Gasteiger partial charge on any atom is 0.161 e. The third-order valence-corrected chi connectivity index (χ3v) is 4.68. The van der Waals surface area contributed by atoms with Gasteiger partial charge in [0, 0.05) is 24.0 Å². The molecule has 0 amide bonds. The van der Waals surface area contributed by atoms with E-state index in [1.165, 1.54) is 6.07 Å². The van der Waals surface area contributed by atoms with Gasteiger partial charge in [-0.05, 0) is 43.9 Å². The molecule has 1 aromatic carbocycles. The fourth-order valence-corrected chi connectivity index (χ4v) is 3.15. The Balaban J connectivity index is 1.34. The van der Waals surface area contributed by atoms with Crippen LogP contribution >= 0.6 is 0 Å². The van der Waals surface area contributed by atoms with Crippen molar-refractivity contribution in [1.29, 1.82) is 0 Å². The zero-order chi connectivity index (χ0) is 18.9. The van der Waals surface area contributed by atoms with Gasteiger partial charge in [-0.3, -0.25) is 4.79 Å². The first-order chi connectivity index (χ1) is 13.2. The molecule has 0 aliphatic carbocycles. The van der Waals surface area contributed by atoms with Gasteiger partial charge in [0.1, 0.15) is 11.6 Å². The Bertz CT molecular complexity index is 823. The van der Waals surface area contributed by atoms with Crippen molar-refractivity contribution in [2.75, 3.05) is 0 Å². The first-order valence-electron chi connectivity index (χ1n) is 9.55. The molecule has 1 aliphatic rings. The second-order valence-electron chi connectivity index (χ2n) is 6.75. The minimum Gasteiger partial charge on any atom is -0.473 e. The number of carbonyl (C=O) groups is 1. The van der Waals surface area contributed by atoms with Crippen LogP contribution in [0.4, 0.5) is 4.39 Å². The summed E-state index contributed by atoms with van der Waals surface area (Å²) in [5.74, 6) is 0.819. The molecule has 0 unspecified atom stereocenters. The Kier molecular flexibility index (Phi) is 6.97. The van der Waals surface area contributed by atoms with Gasteiger partial charge in [0.2, 0.25) is 0 Å². The van der Waals surface area contributed by atoms with E-state index < -0.39 is 0 Å². The number of ketones is 1. The van der Waals surface area contributed by atoms with E-state index in [9.17, 15) is 9.18 Å². The van der Waals surface area contributed by atoms with Crippen LogP contribution in [0.5, 0.6) is 0 Å². The quantitative estimate of drug-likeness (QED) is 0.596. The smallest absolute Gasteiger partial charge is 0.161 e. The molecule has 3 rings (SSSR count). The van der Waals surface area contributed by atoms with Gasteiger partial charge in [0.25, 0.3) is 0 Å². The summed E-state index contributed by atoms with van der Waals surface area (Å²) in [4.78, 5) is 19.7. The van der Waals surface area contributed by atoms with E-state index in [4.69, 9.17) is 4.74 Å². The molecule has 1 aliphatic heterocycles. The van der Waals surface area contributed by atoms with Gasteiger partial charge in [-0.25, -0.2) is 9.37 Å². The third kappa shape index (κ3) is 5.64. The predicted molar refractivity (Wildman–Crippen MR) is 103 cm³/mol. The highest BCUT2D eigenvalue weighted by Gasteiger charge is 2.11. The van der Waals surface area contributed by atoms with E-state index in [0.29, 0.717) is 17.7 Å². The summed E-state index contributed by atoms with van der Waals surface area (Å²) in [7, 11) is 0.